The highest BCUT2D eigenvalue weighted by Gasteiger charge is 2.59. The molecule has 1 saturated carbocycles. The second-order valence-electron chi connectivity index (χ2n) is 9.83. The zero-order valence-corrected chi connectivity index (χ0v) is 22.0. The summed E-state index contributed by atoms with van der Waals surface area (Å²) in [5.74, 6) is -0.392. The van der Waals surface area contributed by atoms with Gasteiger partial charge in [0.1, 0.15) is 11.6 Å². The van der Waals surface area contributed by atoms with Crippen LogP contribution in [0.5, 0.6) is 0 Å². The van der Waals surface area contributed by atoms with Crippen LogP contribution in [0.25, 0.3) is 0 Å². The van der Waals surface area contributed by atoms with Gasteiger partial charge in [-0.3, -0.25) is 14.6 Å². The lowest BCUT2D eigenvalue weighted by Crippen LogP contribution is -2.55. The molecule has 2 aromatic rings. The van der Waals surface area contributed by atoms with Gasteiger partial charge >= 0.3 is 12.2 Å². The number of halogens is 3. The Labute approximate surface area is 228 Å². The minimum absolute atomic E-state index is 0.0809. The molecular formula is C26H26F3N7O2S. The zero-order valence-electron chi connectivity index (χ0n) is 21.2. The van der Waals surface area contributed by atoms with Gasteiger partial charge in [0.05, 0.1) is 17.4 Å². The Kier molecular flexibility index (Phi) is 6.94. The van der Waals surface area contributed by atoms with Crippen molar-refractivity contribution in [3.63, 3.8) is 0 Å². The van der Waals surface area contributed by atoms with Crippen LogP contribution in [0.3, 0.4) is 0 Å². The summed E-state index contributed by atoms with van der Waals surface area (Å²) in [4.78, 5) is 36.0. The first-order valence-corrected chi connectivity index (χ1v) is 12.9. The van der Waals surface area contributed by atoms with Gasteiger partial charge in [0.2, 0.25) is 0 Å². The Bertz CT molecular complexity index is 1350. The van der Waals surface area contributed by atoms with Gasteiger partial charge in [0, 0.05) is 45.5 Å². The maximum atomic E-state index is 13.6. The van der Waals surface area contributed by atoms with Crippen molar-refractivity contribution in [3.05, 3.63) is 53.3 Å². The quantitative estimate of drug-likeness (QED) is 0.575. The van der Waals surface area contributed by atoms with E-state index in [0.29, 0.717) is 38.2 Å². The number of urea groups is 1. The molecule has 0 bridgehead atoms. The van der Waals surface area contributed by atoms with Crippen LogP contribution in [0.1, 0.15) is 36.1 Å². The fourth-order valence-corrected chi connectivity index (χ4v) is 5.83. The number of carbonyl (C=O) groups is 2. The van der Waals surface area contributed by atoms with Crippen LogP contribution < -0.4 is 15.1 Å². The van der Waals surface area contributed by atoms with Gasteiger partial charge in [-0.05, 0) is 55.2 Å². The van der Waals surface area contributed by atoms with Crippen molar-refractivity contribution in [1.82, 2.24) is 20.1 Å². The van der Waals surface area contributed by atoms with Crippen molar-refractivity contribution in [2.45, 2.75) is 37.5 Å². The Morgan fingerprint density at radius 3 is 2.36 bits per heavy atom. The SMILES string of the molecule is CNC(=O)N1CCN(Cc2ccc(N3C(=S)N(c4cnc(C#N)c(C(F)(F)F)c4)C(=O)C34CCC4)cc2)CC1. The van der Waals surface area contributed by atoms with E-state index in [1.807, 2.05) is 24.3 Å². The third kappa shape index (κ3) is 4.68. The summed E-state index contributed by atoms with van der Waals surface area (Å²) in [5, 5.41) is 11.8. The van der Waals surface area contributed by atoms with Crippen molar-refractivity contribution >= 4 is 40.6 Å². The Morgan fingerprint density at radius 2 is 1.82 bits per heavy atom. The second kappa shape index (κ2) is 10.1. The molecule has 9 nitrogen and oxygen atoms in total. The number of nitriles is 1. The number of benzene rings is 1. The number of amides is 3. The number of thiocarbonyl (C=S) groups is 1. The highest BCUT2D eigenvalue weighted by Crippen LogP contribution is 2.48. The van der Waals surface area contributed by atoms with E-state index in [9.17, 15) is 22.8 Å². The first kappa shape index (κ1) is 26.8. The maximum Gasteiger partial charge on any atom is 0.419 e. The first-order chi connectivity index (χ1) is 18.6. The number of pyridine rings is 1. The lowest BCUT2D eigenvalue weighted by molar-refractivity contribution is -0.138. The molecule has 3 heterocycles. The number of hydrogen-bond acceptors (Lipinski definition) is 6. The van der Waals surface area contributed by atoms with E-state index >= 15 is 0 Å². The van der Waals surface area contributed by atoms with E-state index in [1.54, 1.807) is 16.8 Å². The van der Waals surface area contributed by atoms with Crippen LogP contribution in [-0.4, -0.2) is 70.6 Å². The molecule has 1 aromatic carbocycles. The van der Waals surface area contributed by atoms with E-state index in [1.165, 1.54) is 6.07 Å². The summed E-state index contributed by atoms with van der Waals surface area (Å²) in [6.45, 7) is 3.47. The van der Waals surface area contributed by atoms with E-state index in [4.69, 9.17) is 17.5 Å². The minimum Gasteiger partial charge on any atom is -0.341 e. The number of nitrogens with one attached hydrogen (secondary N) is 1. The third-order valence-electron chi connectivity index (χ3n) is 7.61. The van der Waals surface area contributed by atoms with Crippen molar-refractivity contribution in [2.75, 3.05) is 43.0 Å². The standard InChI is InChI=1S/C26H26F3N7O2S/c1-31-23(38)34-11-9-33(10-12-34)16-17-3-5-18(6-4-17)36-24(39)35(22(37)25(36)7-2-8-25)19-13-20(26(27,28)29)21(14-30)32-15-19/h3-6,13,15H,2,7-12,16H2,1H3,(H,31,38). The van der Waals surface area contributed by atoms with Gasteiger partial charge in [-0.2, -0.15) is 18.4 Å². The molecule has 3 fully saturated rings. The molecule has 13 heteroatoms. The van der Waals surface area contributed by atoms with Crippen LogP contribution in [0, 0.1) is 11.3 Å². The number of carbonyl (C=O) groups excluding carboxylic acids is 2. The van der Waals surface area contributed by atoms with Gasteiger partial charge in [-0.15, -0.1) is 0 Å². The minimum atomic E-state index is -4.81. The molecule has 1 aromatic heterocycles. The molecule has 0 atom stereocenters. The lowest BCUT2D eigenvalue weighted by atomic mass is 9.75. The van der Waals surface area contributed by atoms with Crippen molar-refractivity contribution in [1.29, 1.82) is 5.26 Å². The zero-order chi connectivity index (χ0) is 27.9. The molecule has 2 aliphatic heterocycles. The molecule has 5 rings (SSSR count). The van der Waals surface area contributed by atoms with E-state index in [-0.39, 0.29) is 16.8 Å². The molecule has 1 aliphatic carbocycles. The molecule has 3 amide bonds. The van der Waals surface area contributed by atoms with E-state index in [2.05, 4.69) is 15.2 Å². The average Bonchev–Trinajstić information content (AvgIpc) is 3.14. The highest BCUT2D eigenvalue weighted by atomic mass is 32.1. The van der Waals surface area contributed by atoms with Crippen LogP contribution in [-0.2, 0) is 17.5 Å². The van der Waals surface area contributed by atoms with Gasteiger partial charge < -0.3 is 15.1 Å². The number of hydrogen-bond donors (Lipinski definition) is 1. The molecule has 2 saturated heterocycles. The summed E-state index contributed by atoms with van der Waals surface area (Å²) in [6, 6.07) is 9.79. The Balaban J connectivity index is 1.37. The summed E-state index contributed by atoms with van der Waals surface area (Å²) in [5.41, 5.74) is -1.31. The number of anilines is 2. The molecule has 3 aliphatic rings. The first-order valence-electron chi connectivity index (χ1n) is 12.5. The summed E-state index contributed by atoms with van der Waals surface area (Å²) in [7, 11) is 1.61. The lowest BCUT2D eigenvalue weighted by Gasteiger charge is -2.43. The second-order valence-corrected chi connectivity index (χ2v) is 10.2. The van der Waals surface area contributed by atoms with Crippen molar-refractivity contribution < 1.29 is 22.8 Å². The van der Waals surface area contributed by atoms with Crippen LogP contribution in [0.15, 0.2) is 36.5 Å². The van der Waals surface area contributed by atoms with Gasteiger partial charge in [-0.1, -0.05) is 12.1 Å². The average molecular weight is 558 g/mol. The fraction of sp³-hybridized carbons (Fsp3) is 0.423. The van der Waals surface area contributed by atoms with Gasteiger partial charge in [0.15, 0.2) is 10.8 Å². The van der Waals surface area contributed by atoms with Crippen LogP contribution >= 0.6 is 12.2 Å². The third-order valence-corrected chi connectivity index (χ3v) is 7.97. The molecule has 39 heavy (non-hydrogen) atoms. The van der Waals surface area contributed by atoms with Gasteiger partial charge in [-0.25, -0.2) is 9.78 Å². The Hall–Kier alpha value is -3.76. The summed E-state index contributed by atoms with van der Waals surface area (Å²) in [6.07, 6.45) is -1.89. The predicted octanol–water partition coefficient (Wildman–Crippen LogP) is 3.49. The Morgan fingerprint density at radius 1 is 1.15 bits per heavy atom. The van der Waals surface area contributed by atoms with E-state index < -0.39 is 28.9 Å². The van der Waals surface area contributed by atoms with Crippen molar-refractivity contribution in [2.24, 2.45) is 0 Å². The fourth-order valence-electron chi connectivity index (χ4n) is 5.37. The smallest absolute Gasteiger partial charge is 0.341 e. The summed E-state index contributed by atoms with van der Waals surface area (Å²) < 4.78 is 40.7. The molecule has 1 N–H and O–H groups in total. The number of piperazine rings is 1. The van der Waals surface area contributed by atoms with E-state index in [0.717, 1.165) is 42.2 Å². The number of aromatic nitrogens is 1. The molecule has 204 valence electrons. The highest BCUT2D eigenvalue weighted by molar-refractivity contribution is 7.81. The molecular weight excluding hydrogens is 531 g/mol. The predicted molar refractivity (Wildman–Crippen MR) is 141 cm³/mol. The molecule has 1 spiro atoms. The molecule has 0 unspecified atom stereocenters. The number of nitrogens with zero attached hydrogens (tertiary/aromatic N) is 6. The maximum absolute atomic E-state index is 13.6. The van der Waals surface area contributed by atoms with Crippen molar-refractivity contribution in [3.8, 4) is 6.07 Å². The van der Waals surface area contributed by atoms with Crippen LogP contribution in [0.2, 0.25) is 0 Å². The number of rotatable bonds is 4. The molecule has 0 radical (unpaired) electrons. The van der Waals surface area contributed by atoms with Gasteiger partial charge in [0.25, 0.3) is 5.91 Å². The topological polar surface area (TPSA) is 95.8 Å². The van der Waals surface area contributed by atoms with Crippen LogP contribution in [0.4, 0.5) is 29.3 Å². The largest absolute Gasteiger partial charge is 0.419 e. The monoisotopic (exact) mass is 557 g/mol. The normalized spacial score (nSPS) is 19.3. The number of alkyl halides is 3. The summed E-state index contributed by atoms with van der Waals surface area (Å²) >= 11 is 5.67.